The fourth-order valence-electron chi connectivity index (χ4n) is 1.76. The van der Waals surface area contributed by atoms with E-state index in [1.165, 1.54) is 11.8 Å². The highest BCUT2D eigenvalue weighted by molar-refractivity contribution is 7.99. The molecule has 2 aromatic heterocycles. The third kappa shape index (κ3) is 3.67. The summed E-state index contributed by atoms with van der Waals surface area (Å²) in [7, 11) is 0. The summed E-state index contributed by atoms with van der Waals surface area (Å²) in [5.74, 6) is 0. The van der Waals surface area contributed by atoms with Crippen LogP contribution in [-0.4, -0.2) is 30.8 Å². The third-order valence-corrected chi connectivity index (χ3v) is 3.48. The Kier molecular flexibility index (Phi) is 4.91. The molecule has 7 nitrogen and oxygen atoms in total. The first-order chi connectivity index (χ1) is 9.60. The van der Waals surface area contributed by atoms with E-state index in [1.807, 2.05) is 13.8 Å². The summed E-state index contributed by atoms with van der Waals surface area (Å²) in [5.41, 5.74) is 6.52. The highest BCUT2D eigenvalue weighted by Gasteiger charge is 2.11. The first-order valence-electron chi connectivity index (χ1n) is 6.49. The Morgan fingerprint density at radius 3 is 2.75 bits per heavy atom. The summed E-state index contributed by atoms with van der Waals surface area (Å²) < 4.78 is 1.59. The molecule has 2 rings (SSSR count). The van der Waals surface area contributed by atoms with E-state index in [2.05, 4.69) is 20.2 Å². The monoisotopic (exact) mass is 294 g/mol. The number of nitrogens with two attached hydrogens (primary N) is 1. The van der Waals surface area contributed by atoms with E-state index in [4.69, 9.17) is 5.73 Å². The number of hydrogen-bond donors (Lipinski definition) is 2. The lowest BCUT2D eigenvalue weighted by Gasteiger charge is -2.05. The van der Waals surface area contributed by atoms with E-state index in [0.29, 0.717) is 16.9 Å². The predicted molar refractivity (Wildman–Crippen MR) is 76.6 cm³/mol. The van der Waals surface area contributed by atoms with Crippen LogP contribution in [0.15, 0.2) is 27.5 Å². The lowest BCUT2D eigenvalue weighted by molar-refractivity contribution is 0.603. The van der Waals surface area contributed by atoms with Crippen LogP contribution < -0.4 is 11.4 Å². The molecule has 0 bridgehead atoms. The van der Waals surface area contributed by atoms with Crippen molar-refractivity contribution in [3.05, 3.63) is 28.4 Å². The smallest absolute Gasteiger partial charge is 0.328 e. The molecule has 0 spiro atoms. The minimum Gasteiger partial charge on any atom is -0.328 e. The molecule has 3 N–H and O–H groups in total. The first-order valence-corrected chi connectivity index (χ1v) is 7.31. The number of aromatic nitrogens is 5. The van der Waals surface area contributed by atoms with Gasteiger partial charge in [-0.05, 0) is 37.1 Å². The molecule has 2 aromatic rings. The second kappa shape index (κ2) is 6.67. The Labute approximate surface area is 121 Å². The van der Waals surface area contributed by atoms with Gasteiger partial charge < -0.3 is 5.73 Å². The van der Waals surface area contributed by atoms with Crippen LogP contribution >= 0.6 is 11.8 Å². The van der Waals surface area contributed by atoms with Gasteiger partial charge in [0.2, 0.25) is 0 Å². The number of nitrogens with zero attached hydrogens (tertiary/aromatic N) is 4. The average molecular weight is 294 g/mol. The summed E-state index contributed by atoms with van der Waals surface area (Å²) in [5, 5.41) is 7.58. The van der Waals surface area contributed by atoms with Gasteiger partial charge in [-0.25, -0.2) is 19.9 Å². The van der Waals surface area contributed by atoms with E-state index in [9.17, 15) is 4.79 Å². The van der Waals surface area contributed by atoms with Gasteiger partial charge in [0.25, 0.3) is 0 Å². The number of hydrogen-bond acceptors (Lipinski definition) is 6. The zero-order valence-electron chi connectivity index (χ0n) is 11.5. The molecular weight excluding hydrogens is 276 g/mol. The average Bonchev–Trinajstić information content (AvgIpc) is 2.74. The molecular formula is C12H18N6OS. The first kappa shape index (κ1) is 14.7. The van der Waals surface area contributed by atoms with Crippen molar-refractivity contribution in [2.24, 2.45) is 5.73 Å². The number of H-pyrrole nitrogens is 1. The van der Waals surface area contributed by atoms with E-state index in [0.717, 1.165) is 18.4 Å². The highest BCUT2D eigenvalue weighted by Crippen LogP contribution is 2.21. The molecule has 20 heavy (non-hydrogen) atoms. The molecule has 0 fully saturated rings. The van der Waals surface area contributed by atoms with Gasteiger partial charge >= 0.3 is 5.69 Å². The second-order valence-corrected chi connectivity index (χ2v) is 5.55. The molecule has 0 amide bonds. The molecule has 0 aliphatic rings. The topological polar surface area (TPSA) is 102 Å². The Morgan fingerprint density at radius 2 is 2.15 bits per heavy atom. The molecule has 0 aromatic carbocycles. The summed E-state index contributed by atoms with van der Waals surface area (Å²) >= 11 is 1.27. The van der Waals surface area contributed by atoms with Crippen molar-refractivity contribution in [2.75, 3.05) is 0 Å². The van der Waals surface area contributed by atoms with Gasteiger partial charge in [0, 0.05) is 25.0 Å². The van der Waals surface area contributed by atoms with Crippen molar-refractivity contribution < 1.29 is 0 Å². The molecule has 0 aliphatic carbocycles. The Bertz CT molecular complexity index is 603. The maximum Gasteiger partial charge on any atom is 0.343 e. The predicted octanol–water partition coefficient (Wildman–Crippen LogP) is 0.812. The summed E-state index contributed by atoms with van der Waals surface area (Å²) in [6, 6.07) is 0.0816. The van der Waals surface area contributed by atoms with E-state index < -0.39 is 0 Å². The molecule has 0 aliphatic heterocycles. The fraction of sp³-hybridized carbons (Fsp3) is 0.500. The minimum absolute atomic E-state index is 0.0816. The fourth-order valence-corrected chi connectivity index (χ4v) is 2.51. The van der Waals surface area contributed by atoms with E-state index >= 15 is 0 Å². The standard InChI is InChI=1S/C12H18N6OS/c1-3-4-18-11(19)16-17-12(18)20-10-14-6-9(7-15-10)5-8(2)13/h6-8H,3-5,13H2,1-2H3,(H,16,19). The van der Waals surface area contributed by atoms with Gasteiger partial charge in [0.1, 0.15) is 0 Å². The largest absolute Gasteiger partial charge is 0.343 e. The Balaban J connectivity index is 2.12. The zero-order chi connectivity index (χ0) is 14.5. The van der Waals surface area contributed by atoms with Crippen LogP contribution in [-0.2, 0) is 13.0 Å². The number of nitrogens with one attached hydrogen (secondary N) is 1. The van der Waals surface area contributed by atoms with Crippen LogP contribution in [0.25, 0.3) is 0 Å². The van der Waals surface area contributed by atoms with Gasteiger partial charge in [-0.15, -0.1) is 5.10 Å². The van der Waals surface area contributed by atoms with Crippen molar-refractivity contribution in [2.45, 2.75) is 49.6 Å². The van der Waals surface area contributed by atoms with Crippen LogP contribution in [0.5, 0.6) is 0 Å². The summed E-state index contributed by atoms with van der Waals surface area (Å²) in [6.45, 7) is 4.57. The number of rotatable bonds is 6. The van der Waals surface area contributed by atoms with Gasteiger partial charge in [0.15, 0.2) is 10.3 Å². The van der Waals surface area contributed by atoms with Gasteiger partial charge in [-0.1, -0.05) is 6.92 Å². The van der Waals surface area contributed by atoms with Crippen LogP contribution in [0.4, 0.5) is 0 Å². The van der Waals surface area contributed by atoms with Crippen LogP contribution in [0.1, 0.15) is 25.8 Å². The molecule has 1 atom stereocenters. The van der Waals surface area contributed by atoms with Crippen LogP contribution in [0.2, 0.25) is 0 Å². The maximum absolute atomic E-state index is 11.6. The van der Waals surface area contributed by atoms with Crippen LogP contribution in [0, 0.1) is 0 Å². The lowest BCUT2D eigenvalue weighted by Crippen LogP contribution is -2.18. The Morgan fingerprint density at radius 1 is 1.45 bits per heavy atom. The molecule has 0 radical (unpaired) electrons. The van der Waals surface area contributed by atoms with Crippen molar-refractivity contribution in [1.82, 2.24) is 24.7 Å². The van der Waals surface area contributed by atoms with Gasteiger partial charge in [-0.3, -0.25) is 4.57 Å². The normalized spacial score (nSPS) is 12.6. The van der Waals surface area contributed by atoms with Gasteiger partial charge in [-0.2, -0.15) is 0 Å². The van der Waals surface area contributed by atoms with E-state index in [-0.39, 0.29) is 11.7 Å². The molecule has 1 unspecified atom stereocenters. The van der Waals surface area contributed by atoms with Crippen molar-refractivity contribution >= 4 is 11.8 Å². The highest BCUT2D eigenvalue weighted by atomic mass is 32.2. The van der Waals surface area contributed by atoms with Crippen molar-refractivity contribution in [1.29, 1.82) is 0 Å². The lowest BCUT2D eigenvalue weighted by atomic mass is 10.1. The third-order valence-electron chi connectivity index (χ3n) is 2.59. The molecule has 2 heterocycles. The van der Waals surface area contributed by atoms with Gasteiger partial charge in [0.05, 0.1) is 0 Å². The molecule has 108 valence electrons. The molecule has 0 saturated carbocycles. The Hall–Kier alpha value is -1.67. The van der Waals surface area contributed by atoms with Crippen LogP contribution in [0.3, 0.4) is 0 Å². The number of aromatic amines is 1. The maximum atomic E-state index is 11.6. The van der Waals surface area contributed by atoms with Crippen molar-refractivity contribution in [3.63, 3.8) is 0 Å². The summed E-state index contributed by atoms with van der Waals surface area (Å²) in [6.07, 6.45) is 5.12. The SMILES string of the molecule is CCCn1c(Sc2ncc(CC(C)N)cn2)n[nH]c1=O. The molecule has 0 saturated heterocycles. The van der Waals surface area contributed by atoms with E-state index in [1.54, 1.807) is 17.0 Å². The second-order valence-electron chi connectivity index (χ2n) is 4.62. The minimum atomic E-state index is -0.206. The van der Waals surface area contributed by atoms with Crippen molar-refractivity contribution in [3.8, 4) is 0 Å². The quantitative estimate of drug-likeness (QED) is 0.764. The summed E-state index contributed by atoms with van der Waals surface area (Å²) in [4.78, 5) is 20.1. The molecule has 8 heteroatoms. The zero-order valence-corrected chi connectivity index (χ0v) is 12.4.